The van der Waals surface area contributed by atoms with Crippen molar-refractivity contribution < 1.29 is 8.91 Å². The van der Waals surface area contributed by atoms with E-state index in [2.05, 4.69) is 22.1 Å². The van der Waals surface area contributed by atoms with E-state index in [1.807, 2.05) is 12.1 Å². The Morgan fingerprint density at radius 3 is 3.07 bits per heavy atom. The number of benzene rings is 1. The second-order valence-electron chi connectivity index (χ2n) is 7.79. The number of fused-ring (bicyclic) bond motifs is 3. The maximum Gasteiger partial charge on any atom is 0.262 e. The predicted octanol–water partition coefficient (Wildman–Crippen LogP) is 3.62. The standard InChI is InChI=1S/C22H21FN4O2S/c1-26(12-16-7-8-29-25-16)17-5-6-18-19(10-17)30-21-20(18)22(28)27(13-24-21)11-14-3-2-4-15(23)9-14/h2-4,7-9,13,17H,5-6,10-12H2,1H3. The molecule has 1 aliphatic rings. The Morgan fingerprint density at radius 1 is 1.37 bits per heavy atom. The average Bonchev–Trinajstić information content (AvgIpc) is 3.37. The molecular formula is C22H21FN4O2S. The van der Waals surface area contributed by atoms with Crippen LogP contribution in [0, 0.1) is 5.82 Å². The van der Waals surface area contributed by atoms with E-state index in [0.717, 1.165) is 52.8 Å². The van der Waals surface area contributed by atoms with Crippen molar-refractivity contribution in [2.45, 2.75) is 38.4 Å². The fraction of sp³-hybridized carbons (Fsp3) is 0.318. The summed E-state index contributed by atoms with van der Waals surface area (Å²) in [5.74, 6) is -0.303. The minimum absolute atomic E-state index is 0.0452. The highest BCUT2D eigenvalue weighted by atomic mass is 32.1. The van der Waals surface area contributed by atoms with Gasteiger partial charge in [-0.1, -0.05) is 17.3 Å². The topological polar surface area (TPSA) is 64.2 Å². The van der Waals surface area contributed by atoms with Crippen LogP contribution in [-0.2, 0) is 25.9 Å². The molecule has 4 aromatic rings. The van der Waals surface area contributed by atoms with Crippen molar-refractivity contribution in [1.82, 2.24) is 19.6 Å². The first kappa shape index (κ1) is 19.1. The van der Waals surface area contributed by atoms with Gasteiger partial charge >= 0.3 is 0 Å². The van der Waals surface area contributed by atoms with Crippen LogP contribution in [0.5, 0.6) is 0 Å². The molecule has 8 heteroatoms. The Morgan fingerprint density at radius 2 is 2.27 bits per heavy atom. The van der Waals surface area contributed by atoms with E-state index in [1.54, 1.807) is 34.6 Å². The van der Waals surface area contributed by atoms with Crippen molar-refractivity contribution in [1.29, 1.82) is 0 Å². The summed E-state index contributed by atoms with van der Waals surface area (Å²) in [7, 11) is 2.10. The van der Waals surface area contributed by atoms with Gasteiger partial charge in [0.1, 0.15) is 16.9 Å². The fourth-order valence-corrected chi connectivity index (χ4v) is 5.46. The van der Waals surface area contributed by atoms with E-state index in [0.29, 0.717) is 12.6 Å². The summed E-state index contributed by atoms with van der Waals surface area (Å²) in [6, 6.07) is 8.60. The van der Waals surface area contributed by atoms with Crippen molar-refractivity contribution in [3.63, 3.8) is 0 Å². The molecular weight excluding hydrogens is 403 g/mol. The van der Waals surface area contributed by atoms with Crippen molar-refractivity contribution in [3.05, 3.63) is 80.8 Å². The molecule has 0 N–H and O–H groups in total. The van der Waals surface area contributed by atoms with Crippen molar-refractivity contribution >= 4 is 21.6 Å². The minimum Gasteiger partial charge on any atom is -0.364 e. The second kappa shape index (κ2) is 7.77. The third kappa shape index (κ3) is 3.57. The summed E-state index contributed by atoms with van der Waals surface area (Å²) in [5.41, 5.74) is 2.75. The Labute approximate surface area is 176 Å². The summed E-state index contributed by atoms with van der Waals surface area (Å²) in [6.07, 6.45) is 5.89. The van der Waals surface area contributed by atoms with Crippen molar-refractivity contribution in [2.24, 2.45) is 0 Å². The summed E-state index contributed by atoms with van der Waals surface area (Å²) in [4.78, 5) is 22.1. The smallest absolute Gasteiger partial charge is 0.262 e. The highest BCUT2D eigenvalue weighted by Gasteiger charge is 2.27. The monoisotopic (exact) mass is 424 g/mol. The Balaban J connectivity index is 1.42. The second-order valence-corrected chi connectivity index (χ2v) is 8.88. The van der Waals surface area contributed by atoms with Gasteiger partial charge in [0.15, 0.2) is 0 Å². The zero-order chi connectivity index (χ0) is 20.7. The number of hydrogen-bond donors (Lipinski definition) is 0. The van der Waals surface area contributed by atoms with Gasteiger partial charge in [0, 0.05) is 23.5 Å². The zero-order valence-electron chi connectivity index (χ0n) is 16.5. The lowest BCUT2D eigenvalue weighted by Crippen LogP contribution is -2.35. The van der Waals surface area contributed by atoms with E-state index >= 15 is 0 Å². The van der Waals surface area contributed by atoms with Gasteiger partial charge in [-0.15, -0.1) is 11.3 Å². The lowest BCUT2D eigenvalue weighted by Gasteiger charge is -2.30. The van der Waals surface area contributed by atoms with Crippen LogP contribution in [0.2, 0.25) is 0 Å². The molecule has 0 radical (unpaired) electrons. The number of halogens is 1. The summed E-state index contributed by atoms with van der Waals surface area (Å²) < 4.78 is 20.0. The molecule has 154 valence electrons. The van der Waals surface area contributed by atoms with Gasteiger partial charge in [0.2, 0.25) is 0 Å². The van der Waals surface area contributed by atoms with Gasteiger partial charge < -0.3 is 4.52 Å². The van der Waals surface area contributed by atoms with Crippen LogP contribution in [0.3, 0.4) is 0 Å². The van der Waals surface area contributed by atoms with Crippen molar-refractivity contribution in [3.8, 4) is 0 Å². The number of nitrogens with zero attached hydrogens (tertiary/aromatic N) is 4. The van der Waals surface area contributed by atoms with Gasteiger partial charge in [-0.25, -0.2) is 9.37 Å². The minimum atomic E-state index is -0.303. The third-order valence-corrected chi connectivity index (χ3v) is 6.94. The van der Waals surface area contributed by atoms with Crippen LogP contribution in [0.25, 0.3) is 10.2 Å². The van der Waals surface area contributed by atoms with E-state index in [1.165, 1.54) is 17.0 Å². The maximum absolute atomic E-state index is 13.5. The molecule has 3 aromatic heterocycles. The van der Waals surface area contributed by atoms with Crippen LogP contribution < -0.4 is 5.56 Å². The maximum atomic E-state index is 13.5. The molecule has 0 bridgehead atoms. The van der Waals surface area contributed by atoms with Crippen LogP contribution in [0.4, 0.5) is 4.39 Å². The molecule has 0 fully saturated rings. The molecule has 3 heterocycles. The summed E-state index contributed by atoms with van der Waals surface area (Å²) in [5, 5.41) is 4.73. The number of rotatable bonds is 5. The number of likely N-dealkylation sites (N-methyl/N-ethyl adjacent to an activating group) is 1. The number of hydrogen-bond acceptors (Lipinski definition) is 6. The lowest BCUT2D eigenvalue weighted by atomic mass is 9.92. The Kier molecular flexibility index (Phi) is 4.96. The molecule has 30 heavy (non-hydrogen) atoms. The summed E-state index contributed by atoms with van der Waals surface area (Å²) >= 11 is 1.62. The first-order valence-electron chi connectivity index (χ1n) is 9.92. The van der Waals surface area contributed by atoms with Crippen LogP contribution in [0.1, 0.15) is 28.1 Å². The molecule has 0 amide bonds. The molecule has 1 aliphatic carbocycles. The molecule has 1 unspecified atom stereocenters. The van der Waals surface area contributed by atoms with E-state index in [4.69, 9.17) is 4.52 Å². The van der Waals surface area contributed by atoms with Gasteiger partial charge in [-0.05, 0) is 49.6 Å². The summed E-state index contributed by atoms with van der Waals surface area (Å²) in [6.45, 7) is 1.05. The molecule has 1 atom stereocenters. The quantitative estimate of drug-likeness (QED) is 0.490. The molecule has 1 aromatic carbocycles. The zero-order valence-corrected chi connectivity index (χ0v) is 17.4. The van der Waals surface area contributed by atoms with Gasteiger partial charge in [0.05, 0.1) is 24.0 Å². The fourth-order valence-electron chi connectivity index (χ4n) is 4.21. The molecule has 5 rings (SSSR count). The van der Waals surface area contributed by atoms with Crippen molar-refractivity contribution in [2.75, 3.05) is 7.05 Å². The molecule has 6 nitrogen and oxygen atoms in total. The van der Waals surface area contributed by atoms with Crippen LogP contribution in [-0.4, -0.2) is 32.7 Å². The average molecular weight is 425 g/mol. The highest BCUT2D eigenvalue weighted by Crippen LogP contribution is 2.35. The molecule has 0 spiro atoms. The molecule has 0 aliphatic heterocycles. The highest BCUT2D eigenvalue weighted by molar-refractivity contribution is 7.18. The first-order valence-corrected chi connectivity index (χ1v) is 10.7. The van der Waals surface area contributed by atoms with Gasteiger partial charge in [-0.2, -0.15) is 0 Å². The Bertz CT molecular complexity index is 1250. The van der Waals surface area contributed by atoms with Crippen LogP contribution >= 0.6 is 11.3 Å². The molecule has 0 saturated heterocycles. The number of aromatic nitrogens is 3. The Hall–Kier alpha value is -2.84. The van der Waals surface area contributed by atoms with Gasteiger partial charge in [-0.3, -0.25) is 14.3 Å². The largest absolute Gasteiger partial charge is 0.364 e. The third-order valence-electron chi connectivity index (χ3n) is 5.78. The SMILES string of the molecule is CN(Cc1ccon1)C1CCc2c(sc3ncn(Cc4cccc(F)c4)c(=O)c23)C1. The van der Waals surface area contributed by atoms with Crippen LogP contribution in [0.15, 0.2) is 52.2 Å². The first-order chi connectivity index (χ1) is 14.6. The van der Waals surface area contributed by atoms with E-state index in [9.17, 15) is 9.18 Å². The number of aryl methyl sites for hydroxylation is 1. The van der Waals surface area contributed by atoms with E-state index < -0.39 is 0 Å². The lowest BCUT2D eigenvalue weighted by molar-refractivity contribution is 0.210. The number of thiophene rings is 1. The molecule has 0 saturated carbocycles. The predicted molar refractivity (Wildman–Crippen MR) is 113 cm³/mol. The van der Waals surface area contributed by atoms with Gasteiger partial charge in [0.25, 0.3) is 5.56 Å². The normalized spacial score (nSPS) is 16.3. The van der Waals surface area contributed by atoms with E-state index in [-0.39, 0.29) is 11.4 Å².